The smallest absolute Gasteiger partial charge is 0.354 e. The molecule has 0 saturated heterocycles. The number of carboxylic acids is 1. The minimum Gasteiger partial charge on any atom is -0.477 e. The standard InChI is InChI=1S/C13H10N4O2/c1-8-4-2-3-5-9(8)11-15-13-14-10(12(18)19)6-7-17(13)16-11/h2-7H,1H3,(H,18,19). The van der Waals surface area contributed by atoms with E-state index in [0.29, 0.717) is 5.82 Å². The Morgan fingerprint density at radius 1 is 1.21 bits per heavy atom. The van der Waals surface area contributed by atoms with Crippen LogP contribution in [0.4, 0.5) is 0 Å². The number of benzene rings is 1. The molecule has 0 radical (unpaired) electrons. The molecule has 3 aromatic rings. The van der Waals surface area contributed by atoms with Crippen molar-refractivity contribution in [3.8, 4) is 11.4 Å². The van der Waals surface area contributed by atoms with Crippen molar-refractivity contribution in [2.24, 2.45) is 0 Å². The van der Waals surface area contributed by atoms with Gasteiger partial charge in [-0.3, -0.25) is 0 Å². The van der Waals surface area contributed by atoms with E-state index < -0.39 is 5.97 Å². The first-order valence-corrected chi connectivity index (χ1v) is 5.68. The zero-order valence-electron chi connectivity index (χ0n) is 10.1. The van der Waals surface area contributed by atoms with Gasteiger partial charge in [0.1, 0.15) is 0 Å². The summed E-state index contributed by atoms with van der Waals surface area (Å²) in [5.74, 6) is -0.269. The molecule has 1 aromatic carbocycles. The van der Waals surface area contributed by atoms with Crippen LogP contribution < -0.4 is 0 Å². The lowest BCUT2D eigenvalue weighted by molar-refractivity contribution is 0.0690. The number of carbonyl (C=O) groups is 1. The molecule has 6 heteroatoms. The van der Waals surface area contributed by atoms with Gasteiger partial charge in [-0.1, -0.05) is 24.3 Å². The maximum Gasteiger partial charge on any atom is 0.354 e. The van der Waals surface area contributed by atoms with Crippen LogP contribution in [0.2, 0.25) is 0 Å². The summed E-state index contributed by atoms with van der Waals surface area (Å²) in [6.45, 7) is 1.97. The number of nitrogens with zero attached hydrogens (tertiary/aromatic N) is 4. The first-order valence-electron chi connectivity index (χ1n) is 5.68. The van der Waals surface area contributed by atoms with Gasteiger partial charge in [-0.25, -0.2) is 14.3 Å². The van der Waals surface area contributed by atoms with Crippen LogP contribution in [0.25, 0.3) is 17.2 Å². The summed E-state index contributed by atoms with van der Waals surface area (Å²) in [6.07, 6.45) is 1.54. The fraction of sp³-hybridized carbons (Fsp3) is 0.0769. The van der Waals surface area contributed by atoms with Gasteiger partial charge < -0.3 is 5.11 Å². The van der Waals surface area contributed by atoms with Crippen molar-refractivity contribution in [2.75, 3.05) is 0 Å². The zero-order chi connectivity index (χ0) is 13.4. The van der Waals surface area contributed by atoms with Crippen LogP contribution in [0, 0.1) is 6.92 Å². The second-order valence-corrected chi connectivity index (χ2v) is 4.11. The Kier molecular flexibility index (Phi) is 2.49. The minimum absolute atomic E-state index is 0.0452. The van der Waals surface area contributed by atoms with Crippen LogP contribution in [0.5, 0.6) is 0 Å². The van der Waals surface area contributed by atoms with Crippen molar-refractivity contribution >= 4 is 11.7 Å². The molecule has 94 valence electrons. The topological polar surface area (TPSA) is 80.4 Å². The highest BCUT2D eigenvalue weighted by Gasteiger charge is 2.11. The fourth-order valence-corrected chi connectivity index (χ4v) is 1.83. The number of hydrogen-bond acceptors (Lipinski definition) is 4. The van der Waals surface area contributed by atoms with Gasteiger partial charge in [0.15, 0.2) is 11.5 Å². The average molecular weight is 254 g/mol. The Balaban J connectivity index is 2.17. The molecule has 2 heterocycles. The molecule has 3 rings (SSSR count). The van der Waals surface area contributed by atoms with E-state index in [9.17, 15) is 4.79 Å². The van der Waals surface area contributed by atoms with E-state index in [-0.39, 0.29) is 11.5 Å². The van der Waals surface area contributed by atoms with Crippen molar-refractivity contribution in [1.29, 1.82) is 0 Å². The number of fused-ring (bicyclic) bond motifs is 1. The largest absolute Gasteiger partial charge is 0.477 e. The van der Waals surface area contributed by atoms with Crippen LogP contribution in [0.15, 0.2) is 36.5 Å². The van der Waals surface area contributed by atoms with Gasteiger partial charge in [0.2, 0.25) is 0 Å². The maximum absolute atomic E-state index is 10.9. The second kappa shape index (κ2) is 4.16. The Morgan fingerprint density at radius 3 is 2.74 bits per heavy atom. The SMILES string of the molecule is Cc1ccccc1-c1nc2nc(C(=O)O)ccn2n1. The predicted molar refractivity (Wildman–Crippen MR) is 67.9 cm³/mol. The van der Waals surface area contributed by atoms with E-state index in [4.69, 9.17) is 5.11 Å². The minimum atomic E-state index is -1.08. The Bertz CT molecular complexity index is 779. The Hall–Kier alpha value is -2.76. The van der Waals surface area contributed by atoms with Crippen LogP contribution in [0.1, 0.15) is 16.1 Å². The van der Waals surface area contributed by atoms with Crippen molar-refractivity contribution in [1.82, 2.24) is 19.6 Å². The normalized spacial score (nSPS) is 10.8. The molecule has 0 aliphatic rings. The molecule has 0 fully saturated rings. The lowest BCUT2D eigenvalue weighted by atomic mass is 10.1. The number of carboxylic acid groups (broad SMARTS) is 1. The monoisotopic (exact) mass is 254 g/mol. The molecule has 0 aliphatic heterocycles. The van der Waals surface area contributed by atoms with Crippen molar-refractivity contribution in [3.63, 3.8) is 0 Å². The quantitative estimate of drug-likeness (QED) is 0.754. The number of aromatic nitrogens is 4. The van der Waals surface area contributed by atoms with Crippen molar-refractivity contribution < 1.29 is 9.90 Å². The van der Waals surface area contributed by atoms with Gasteiger partial charge in [0.05, 0.1) is 0 Å². The number of rotatable bonds is 2. The van der Waals surface area contributed by atoms with Crippen LogP contribution >= 0.6 is 0 Å². The van der Waals surface area contributed by atoms with E-state index >= 15 is 0 Å². The zero-order valence-corrected chi connectivity index (χ0v) is 10.1. The van der Waals surface area contributed by atoms with Crippen molar-refractivity contribution in [3.05, 3.63) is 47.8 Å². The molecule has 0 amide bonds. The Morgan fingerprint density at radius 2 is 2.00 bits per heavy atom. The summed E-state index contributed by atoms with van der Waals surface area (Å²) in [5, 5.41) is 13.2. The molecule has 0 bridgehead atoms. The average Bonchev–Trinajstić information content (AvgIpc) is 2.81. The molecular formula is C13H10N4O2. The van der Waals surface area contributed by atoms with E-state index in [2.05, 4.69) is 15.1 Å². The number of aryl methyl sites for hydroxylation is 1. The summed E-state index contributed by atoms with van der Waals surface area (Å²) in [4.78, 5) is 19.1. The number of aromatic carboxylic acids is 1. The Labute approximate surface area is 108 Å². The van der Waals surface area contributed by atoms with Gasteiger partial charge in [-0.05, 0) is 18.6 Å². The molecule has 1 N–H and O–H groups in total. The number of hydrogen-bond donors (Lipinski definition) is 1. The summed E-state index contributed by atoms with van der Waals surface area (Å²) < 4.78 is 1.47. The molecule has 6 nitrogen and oxygen atoms in total. The maximum atomic E-state index is 10.9. The second-order valence-electron chi connectivity index (χ2n) is 4.11. The summed E-state index contributed by atoms with van der Waals surface area (Å²) in [5.41, 5.74) is 1.91. The molecule has 0 saturated carbocycles. The van der Waals surface area contributed by atoms with Gasteiger partial charge in [-0.2, -0.15) is 4.98 Å². The van der Waals surface area contributed by atoms with Crippen LogP contribution in [-0.4, -0.2) is 30.7 Å². The third-order valence-electron chi connectivity index (χ3n) is 2.81. The molecule has 0 unspecified atom stereocenters. The van der Waals surface area contributed by atoms with E-state index in [1.807, 2.05) is 31.2 Å². The lowest BCUT2D eigenvalue weighted by Crippen LogP contribution is -2.02. The molecular weight excluding hydrogens is 244 g/mol. The summed E-state index contributed by atoms with van der Waals surface area (Å²) in [6, 6.07) is 9.13. The molecule has 2 aromatic heterocycles. The lowest BCUT2D eigenvalue weighted by Gasteiger charge is -1.98. The van der Waals surface area contributed by atoms with Gasteiger partial charge in [-0.15, -0.1) is 5.10 Å². The highest BCUT2D eigenvalue weighted by atomic mass is 16.4. The first-order chi connectivity index (χ1) is 9.15. The molecule has 0 aliphatic carbocycles. The van der Waals surface area contributed by atoms with Crippen LogP contribution in [0.3, 0.4) is 0 Å². The van der Waals surface area contributed by atoms with E-state index in [1.165, 1.54) is 10.6 Å². The highest BCUT2D eigenvalue weighted by Crippen LogP contribution is 2.19. The molecule has 0 spiro atoms. The molecule has 0 atom stereocenters. The third kappa shape index (κ3) is 1.93. The van der Waals surface area contributed by atoms with Crippen molar-refractivity contribution in [2.45, 2.75) is 6.92 Å². The highest BCUT2D eigenvalue weighted by molar-refractivity contribution is 5.85. The van der Waals surface area contributed by atoms with E-state index in [0.717, 1.165) is 11.1 Å². The van der Waals surface area contributed by atoms with E-state index in [1.54, 1.807) is 6.20 Å². The van der Waals surface area contributed by atoms with Gasteiger partial charge >= 0.3 is 5.97 Å². The summed E-state index contributed by atoms with van der Waals surface area (Å²) in [7, 11) is 0. The fourth-order valence-electron chi connectivity index (χ4n) is 1.83. The first kappa shape index (κ1) is 11.3. The van der Waals surface area contributed by atoms with Gasteiger partial charge in [0, 0.05) is 11.8 Å². The van der Waals surface area contributed by atoms with Crippen LogP contribution in [-0.2, 0) is 0 Å². The molecule has 19 heavy (non-hydrogen) atoms. The third-order valence-corrected chi connectivity index (χ3v) is 2.81. The summed E-state index contributed by atoms with van der Waals surface area (Å²) >= 11 is 0. The predicted octanol–water partition coefficient (Wildman–Crippen LogP) is 1.80. The van der Waals surface area contributed by atoms with Gasteiger partial charge in [0.25, 0.3) is 5.78 Å².